The number of ketones is 1. The maximum atomic E-state index is 12.7. The maximum Gasteiger partial charge on any atom is 0.189 e. The number of allylic oxidation sites excluding steroid dienone is 1. The number of nitrogens with zero attached hydrogens (tertiary/aromatic N) is 2. The fraction of sp³-hybridized carbons (Fsp3) is 0.250. The van der Waals surface area contributed by atoms with Gasteiger partial charge in [-0.15, -0.1) is 0 Å². The number of rotatable bonds is 3. The summed E-state index contributed by atoms with van der Waals surface area (Å²) in [7, 11) is 8.12. The van der Waals surface area contributed by atoms with Crippen LogP contribution in [-0.4, -0.2) is 34.0 Å². The smallest absolute Gasteiger partial charge is 0.189 e. The molecule has 0 atom stereocenters. The maximum absolute atomic E-state index is 12.7. The van der Waals surface area contributed by atoms with E-state index in [4.69, 9.17) is 0 Å². The topological polar surface area (TPSA) is 23.6 Å². The highest BCUT2D eigenvalue weighted by atomic mass is 16.1. The van der Waals surface area contributed by atoms with E-state index in [9.17, 15) is 4.79 Å². The third-order valence-electron chi connectivity index (χ3n) is 4.28. The molecular formula is C20H22N2O. The van der Waals surface area contributed by atoms with Gasteiger partial charge in [-0.2, -0.15) is 0 Å². The molecular weight excluding hydrogens is 284 g/mol. The van der Waals surface area contributed by atoms with E-state index in [1.165, 1.54) is 0 Å². The van der Waals surface area contributed by atoms with Crippen molar-refractivity contribution in [1.82, 2.24) is 0 Å². The highest BCUT2D eigenvalue weighted by molar-refractivity contribution is 6.16. The Bertz CT molecular complexity index is 762. The summed E-state index contributed by atoms with van der Waals surface area (Å²) in [6, 6.07) is 14.1. The second-order valence-electron chi connectivity index (χ2n) is 6.33. The van der Waals surface area contributed by atoms with Crippen LogP contribution in [0.4, 0.5) is 11.4 Å². The Balaban J connectivity index is 2.12. The molecule has 1 aliphatic carbocycles. The Labute approximate surface area is 137 Å². The van der Waals surface area contributed by atoms with Gasteiger partial charge in [0, 0.05) is 62.7 Å². The Morgan fingerprint density at radius 1 is 0.870 bits per heavy atom. The summed E-state index contributed by atoms with van der Waals surface area (Å²) in [5.74, 6) is 0.152. The summed E-state index contributed by atoms with van der Waals surface area (Å²) in [6.45, 7) is 0. The molecule has 0 saturated heterocycles. The first kappa shape index (κ1) is 15.3. The lowest BCUT2D eigenvalue weighted by atomic mass is 10.0. The van der Waals surface area contributed by atoms with E-state index in [0.29, 0.717) is 6.42 Å². The van der Waals surface area contributed by atoms with Crippen LogP contribution in [0.1, 0.15) is 21.5 Å². The molecule has 0 saturated carbocycles. The third kappa shape index (κ3) is 2.74. The zero-order valence-corrected chi connectivity index (χ0v) is 14.1. The zero-order valence-electron chi connectivity index (χ0n) is 14.1. The summed E-state index contributed by atoms with van der Waals surface area (Å²) in [6.07, 6.45) is 2.77. The molecule has 0 spiro atoms. The van der Waals surface area contributed by atoms with Gasteiger partial charge in [0.1, 0.15) is 0 Å². The van der Waals surface area contributed by atoms with Crippen LogP contribution in [0, 0.1) is 0 Å². The molecule has 0 unspecified atom stereocenters. The van der Waals surface area contributed by atoms with Gasteiger partial charge in [0.25, 0.3) is 0 Å². The Morgan fingerprint density at radius 2 is 1.48 bits per heavy atom. The zero-order chi connectivity index (χ0) is 16.6. The fourth-order valence-corrected chi connectivity index (χ4v) is 3.11. The molecule has 23 heavy (non-hydrogen) atoms. The number of benzene rings is 2. The number of anilines is 2. The third-order valence-corrected chi connectivity index (χ3v) is 4.28. The lowest BCUT2D eigenvalue weighted by molar-refractivity contribution is 0.104. The van der Waals surface area contributed by atoms with Gasteiger partial charge in [-0.25, -0.2) is 0 Å². The predicted octanol–water partition coefficient (Wildman–Crippen LogP) is 3.64. The van der Waals surface area contributed by atoms with E-state index in [1.54, 1.807) is 0 Å². The minimum absolute atomic E-state index is 0.152. The Kier molecular flexibility index (Phi) is 3.95. The number of carbonyl (C=O) groups excluding carboxylic acids is 1. The van der Waals surface area contributed by atoms with E-state index in [-0.39, 0.29) is 5.78 Å². The van der Waals surface area contributed by atoms with Crippen molar-refractivity contribution in [3.63, 3.8) is 0 Å². The molecule has 2 aromatic rings. The predicted molar refractivity (Wildman–Crippen MR) is 97.5 cm³/mol. The van der Waals surface area contributed by atoms with Crippen molar-refractivity contribution < 1.29 is 4.79 Å². The molecule has 0 N–H and O–H groups in total. The standard InChI is InChI=1S/C20H22N2O/c1-21(2)18-10-7-11-19(22(3)4)17(18)13-15-12-14-8-5-6-9-16(14)20(15)23/h5-11,13H,12H2,1-4H3. The van der Waals surface area contributed by atoms with Crippen molar-refractivity contribution >= 4 is 23.2 Å². The van der Waals surface area contributed by atoms with Crippen molar-refractivity contribution in [3.05, 3.63) is 64.7 Å². The molecule has 3 heteroatoms. The monoisotopic (exact) mass is 306 g/mol. The van der Waals surface area contributed by atoms with Crippen molar-refractivity contribution in [1.29, 1.82) is 0 Å². The average molecular weight is 306 g/mol. The molecule has 0 bridgehead atoms. The van der Waals surface area contributed by atoms with E-state index < -0.39 is 0 Å². The van der Waals surface area contributed by atoms with Crippen LogP contribution in [0.25, 0.3) is 6.08 Å². The summed E-state index contributed by atoms with van der Waals surface area (Å²) in [5, 5.41) is 0. The van der Waals surface area contributed by atoms with Gasteiger partial charge in [-0.1, -0.05) is 30.3 Å². The van der Waals surface area contributed by atoms with E-state index in [0.717, 1.165) is 33.6 Å². The average Bonchev–Trinajstić information content (AvgIpc) is 2.84. The van der Waals surface area contributed by atoms with Crippen LogP contribution in [0.5, 0.6) is 0 Å². The summed E-state index contributed by atoms with van der Waals surface area (Å²) in [4.78, 5) is 16.8. The lowest BCUT2D eigenvalue weighted by Gasteiger charge is -2.22. The largest absolute Gasteiger partial charge is 0.377 e. The SMILES string of the molecule is CN(C)c1cccc(N(C)C)c1C=C1Cc2ccccc2C1=O. The van der Waals surface area contributed by atoms with Gasteiger partial charge in [-0.3, -0.25) is 4.79 Å². The summed E-state index contributed by atoms with van der Waals surface area (Å²) in [5.41, 5.74) is 6.16. The first-order valence-electron chi connectivity index (χ1n) is 7.80. The lowest BCUT2D eigenvalue weighted by Crippen LogP contribution is -2.15. The fourth-order valence-electron chi connectivity index (χ4n) is 3.11. The van der Waals surface area contributed by atoms with Gasteiger partial charge in [-0.05, 0) is 23.8 Å². The highest BCUT2D eigenvalue weighted by Crippen LogP contribution is 2.34. The molecule has 0 heterocycles. The second-order valence-corrected chi connectivity index (χ2v) is 6.33. The van der Waals surface area contributed by atoms with Gasteiger partial charge in [0.05, 0.1) is 0 Å². The second kappa shape index (κ2) is 5.92. The quantitative estimate of drug-likeness (QED) is 0.809. The number of Topliss-reactive ketones (excluding diaryl/α,β-unsaturated/α-hetero) is 1. The summed E-state index contributed by atoms with van der Waals surface area (Å²) >= 11 is 0. The molecule has 1 aliphatic rings. The number of hydrogen-bond donors (Lipinski definition) is 0. The van der Waals surface area contributed by atoms with Gasteiger partial charge in [0.2, 0.25) is 0 Å². The molecule has 3 rings (SSSR count). The van der Waals surface area contributed by atoms with Crippen LogP contribution in [0.3, 0.4) is 0 Å². The summed E-state index contributed by atoms with van der Waals surface area (Å²) < 4.78 is 0. The Hall–Kier alpha value is -2.55. The highest BCUT2D eigenvalue weighted by Gasteiger charge is 2.25. The van der Waals surface area contributed by atoms with Crippen LogP contribution in [0.15, 0.2) is 48.0 Å². The van der Waals surface area contributed by atoms with Crippen LogP contribution in [0.2, 0.25) is 0 Å². The van der Waals surface area contributed by atoms with Gasteiger partial charge < -0.3 is 9.80 Å². The minimum Gasteiger partial charge on any atom is -0.377 e. The minimum atomic E-state index is 0.152. The molecule has 0 fully saturated rings. The van der Waals surface area contributed by atoms with Crippen molar-refractivity contribution in [3.8, 4) is 0 Å². The van der Waals surface area contributed by atoms with Crippen molar-refractivity contribution in [2.45, 2.75) is 6.42 Å². The normalized spacial score (nSPS) is 15.0. The number of hydrogen-bond acceptors (Lipinski definition) is 3. The van der Waals surface area contributed by atoms with Gasteiger partial charge >= 0.3 is 0 Å². The van der Waals surface area contributed by atoms with Crippen LogP contribution < -0.4 is 9.80 Å². The molecule has 118 valence electrons. The molecule has 0 aliphatic heterocycles. The van der Waals surface area contributed by atoms with E-state index >= 15 is 0 Å². The van der Waals surface area contributed by atoms with Crippen molar-refractivity contribution in [2.24, 2.45) is 0 Å². The Morgan fingerprint density at radius 3 is 2.04 bits per heavy atom. The first-order valence-corrected chi connectivity index (χ1v) is 7.80. The molecule has 2 aromatic carbocycles. The van der Waals surface area contributed by atoms with E-state index in [2.05, 4.69) is 34.1 Å². The van der Waals surface area contributed by atoms with E-state index in [1.807, 2.05) is 52.5 Å². The van der Waals surface area contributed by atoms with Gasteiger partial charge in [0.15, 0.2) is 5.78 Å². The first-order chi connectivity index (χ1) is 11.0. The van der Waals surface area contributed by atoms with Crippen LogP contribution >= 0.6 is 0 Å². The van der Waals surface area contributed by atoms with Crippen molar-refractivity contribution in [2.75, 3.05) is 38.0 Å². The molecule has 3 nitrogen and oxygen atoms in total. The number of fused-ring (bicyclic) bond motifs is 1. The van der Waals surface area contributed by atoms with Crippen LogP contribution in [-0.2, 0) is 6.42 Å². The molecule has 0 radical (unpaired) electrons. The number of carbonyl (C=O) groups is 1. The molecule has 0 amide bonds. The molecule has 0 aromatic heterocycles.